The third-order valence-corrected chi connectivity index (χ3v) is 2.79. The highest BCUT2D eigenvalue weighted by atomic mass is 32.2. The molecular weight excluding hydrogens is 280 g/mol. The summed E-state index contributed by atoms with van der Waals surface area (Å²) >= 11 is 1.17. The Morgan fingerprint density at radius 1 is 1.50 bits per heavy atom. The topological polar surface area (TPSA) is 83.0 Å². The number of nitrogens with zero attached hydrogens (tertiary/aromatic N) is 2. The molecule has 0 aliphatic carbocycles. The van der Waals surface area contributed by atoms with Gasteiger partial charge in [-0.25, -0.2) is 9.59 Å². The molecule has 0 aliphatic rings. The third-order valence-electron chi connectivity index (χ3n) is 2.05. The van der Waals surface area contributed by atoms with Gasteiger partial charge in [-0.15, -0.1) is 11.6 Å². The van der Waals surface area contributed by atoms with Crippen LogP contribution < -0.4 is 10.0 Å². The second-order valence-corrected chi connectivity index (χ2v) is 4.91. The van der Waals surface area contributed by atoms with E-state index in [-0.39, 0.29) is 12.1 Å². The van der Waals surface area contributed by atoms with Gasteiger partial charge in [0.1, 0.15) is 0 Å². The average Bonchev–Trinajstić information content (AvgIpc) is 2.38. The van der Waals surface area contributed by atoms with Crippen molar-refractivity contribution in [3.8, 4) is 0 Å². The molecule has 0 saturated carbocycles. The van der Waals surface area contributed by atoms with Crippen molar-refractivity contribution in [2.45, 2.75) is 26.4 Å². The number of rotatable bonds is 5. The monoisotopic (exact) mass is 302 g/mol. The van der Waals surface area contributed by atoms with Gasteiger partial charge in [-0.1, -0.05) is 13.0 Å². The minimum absolute atomic E-state index is 0.116. The summed E-state index contributed by atoms with van der Waals surface area (Å²) in [6.07, 6.45) is 2.22. The predicted octanol–water partition coefficient (Wildman–Crippen LogP) is 1.97. The maximum atomic E-state index is 11.6. The number of amidine groups is 1. The first-order valence-corrected chi connectivity index (χ1v) is 7.15. The molecule has 1 atom stereocenters. The molecular formula is C12H22N4O3S. The van der Waals surface area contributed by atoms with E-state index in [1.54, 1.807) is 20.2 Å². The van der Waals surface area contributed by atoms with E-state index >= 15 is 0 Å². The molecule has 0 saturated heterocycles. The Morgan fingerprint density at radius 2 is 2.15 bits per heavy atom. The van der Waals surface area contributed by atoms with Crippen molar-refractivity contribution in [3.05, 3.63) is 12.7 Å². The van der Waals surface area contributed by atoms with Gasteiger partial charge in [-0.05, 0) is 25.3 Å². The summed E-state index contributed by atoms with van der Waals surface area (Å²) < 4.78 is 7.92. The summed E-state index contributed by atoms with van der Waals surface area (Å²) in [5.74, 6) is 0.572. The molecule has 8 heteroatoms. The quantitative estimate of drug-likeness (QED) is 0.267. The first kappa shape index (κ1) is 18.3. The lowest BCUT2D eigenvalue weighted by atomic mass is 10.3. The molecule has 2 N–H and O–H groups in total. The highest BCUT2D eigenvalue weighted by Crippen LogP contribution is 1.99. The van der Waals surface area contributed by atoms with Crippen LogP contribution >= 0.6 is 11.9 Å². The third kappa shape index (κ3) is 8.41. The van der Waals surface area contributed by atoms with Gasteiger partial charge in [0.15, 0.2) is 0 Å². The number of urea groups is 2. The van der Waals surface area contributed by atoms with Gasteiger partial charge in [0.2, 0.25) is 0 Å². The molecule has 0 fully saturated rings. The Morgan fingerprint density at radius 3 is 2.65 bits per heavy atom. The normalized spacial score (nSPS) is 12.3. The van der Waals surface area contributed by atoms with E-state index in [4.69, 9.17) is 4.74 Å². The van der Waals surface area contributed by atoms with Gasteiger partial charge in [0.05, 0.1) is 6.10 Å². The maximum Gasteiger partial charge on any atom is 0.347 e. The van der Waals surface area contributed by atoms with Gasteiger partial charge >= 0.3 is 18.1 Å². The SMILES string of the molecule is C=CCSNC(=O)NC(=NC(=O)N(C)C)OC(C)CC. The van der Waals surface area contributed by atoms with Crippen molar-refractivity contribution in [2.24, 2.45) is 4.99 Å². The molecule has 7 nitrogen and oxygen atoms in total. The van der Waals surface area contributed by atoms with E-state index in [0.717, 1.165) is 6.42 Å². The van der Waals surface area contributed by atoms with Gasteiger partial charge in [-0.2, -0.15) is 0 Å². The largest absolute Gasteiger partial charge is 0.462 e. The minimum Gasteiger partial charge on any atom is -0.462 e. The van der Waals surface area contributed by atoms with Gasteiger partial charge in [-0.3, -0.25) is 10.0 Å². The fourth-order valence-corrected chi connectivity index (χ4v) is 1.22. The number of aliphatic imine (C=N–C) groups is 1. The molecule has 0 aliphatic heterocycles. The lowest BCUT2D eigenvalue weighted by Crippen LogP contribution is -2.40. The summed E-state index contributed by atoms with van der Waals surface area (Å²) in [6.45, 7) is 7.28. The molecule has 114 valence electrons. The summed E-state index contributed by atoms with van der Waals surface area (Å²) in [7, 11) is 3.12. The van der Waals surface area contributed by atoms with E-state index in [0.29, 0.717) is 5.75 Å². The van der Waals surface area contributed by atoms with Crippen molar-refractivity contribution in [1.82, 2.24) is 14.9 Å². The predicted molar refractivity (Wildman–Crippen MR) is 81.7 cm³/mol. The Labute approximate surface area is 124 Å². The molecule has 0 heterocycles. The number of ether oxygens (including phenoxy) is 1. The van der Waals surface area contributed by atoms with Crippen LogP contribution in [-0.2, 0) is 4.74 Å². The van der Waals surface area contributed by atoms with E-state index in [2.05, 4.69) is 21.6 Å². The summed E-state index contributed by atoms with van der Waals surface area (Å²) in [4.78, 5) is 28.1. The highest BCUT2D eigenvalue weighted by Gasteiger charge is 2.13. The van der Waals surface area contributed by atoms with Crippen molar-refractivity contribution < 1.29 is 14.3 Å². The Bertz CT molecular complexity index is 372. The molecule has 0 aromatic carbocycles. The summed E-state index contributed by atoms with van der Waals surface area (Å²) in [5.41, 5.74) is 0. The number of hydrogen-bond donors (Lipinski definition) is 2. The second kappa shape index (κ2) is 10.1. The lowest BCUT2D eigenvalue weighted by molar-refractivity contribution is 0.189. The summed E-state index contributed by atoms with van der Waals surface area (Å²) in [5, 5.41) is 2.40. The van der Waals surface area contributed by atoms with Crippen LogP contribution in [0.2, 0.25) is 0 Å². The first-order chi connectivity index (χ1) is 9.40. The van der Waals surface area contributed by atoms with E-state index < -0.39 is 12.1 Å². The Balaban J connectivity index is 4.64. The number of nitrogens with one attached hydrogen (secondary N) is 2. The maximum absolute atomic E-state index is 11.6. The highest BCUT2D eigenvalue weighted by molar-refractivity contribution is 7.98. The van der Waals surface area contributed by atoms with Crippen LogP contribution in [-0.4, -0.2) is 48.9 Å². The van der Waals surface area contributed by atoms with Crippen molar-refractivity contribution in [2.75, 3.05) is 19.8 Å². The summed E-state index contributed by atoms with van der Waals surface area (Å²) in [6, 6.07) is -1.14. The number of hydrogen-bond acceptors (Lipinski definition) is 4. The average molecular weight is 302 g/mol. The van der Waals surface area contributed by atoms with Gasteiger partial charge in [0, 0.05) is 19.8 Å². The number of carbonyl (C=O) groups is 2. The van der Waals surface area contributed by atoms with E-state index in [9.17, 15) is 9.59 Å². The van der Waals surface area contributed by atoms with E-state index in [1.165, 1.54) is 16.8 Å². The van der Waals surface area contributed by atoms with Crippen molar-refractivity contribution in [1.29, 1.82) is 0 Å². The van der Waals surface area contributed by atoms with Crippen LogP contribution in [0.25, 0.3) is 0 Å². The number of carbonyl (C=O) groups excluding carboxylic acids is 2. The molecule has 0 bridgehead atoms. The number of amides is 4. The molecule has 0 aromatic rings. The molecule has 4 amide bonds. The molecule has 0 rings (SSSR count). The second-order valence-electron chi connectivity index (χ2n) is 4.09. The zero-order valence-corrected chi connectivity index (χ0v) is 13.1. The minimum atomic E-state index is -0.512. The van der Waals surface area contributed by atoms with Gasteiger partial charge in [0.25, 0.3) is 0 Å². The van der Waals surface area contributed by atoms with Crippen LogP contribution in [0.3, 0.4) is 0 Å². The Kier molecular flexibility index (Phi) is 9.27. The van der Waals surface area contributed by atoms with Crippen LogP contribution in [0, 0.1) is 0 Å². The van der Waals surface area contributed by atoms with Crippen LogP contribution in [0.4, 0.5) is 9.59 Å². The lowest BCUT2D eigenvalue weighted by Gasteiger charge is -2.16. The first-order valence-electron chi connectivity index (χ1n) is 6.17. The fraction of sp³-hybridized carbons (Fsp3) is 0.583. The molecule has 0 aromatic heterocycles. The van der Waals surface area contributed by atoms with Crippen LogP contribution in [0.1, 0.15) is 20.3 Å². The van der Waals surface area contributed by atoms with Gasteiger partial charge < -0.3 is 9.64 Å². The van der Waals surface area contributed by atoms with E-state index in [1.807, 2.05) is 13.8 Å². The molecule has 0 spiro atoms. The van der Waals surface area contributed by atoms with Crippen molar-refractivity contribution in [3.63, 3.8) is 0 Å². The zero-order chi connectivity index (χ0) is 15.5. The fourth-order valence-electron chi connectivity index (χ4n) is 0.833. The molecule has 0 radical (unpaired) electrons. The van der Waals surface area contributed by atoms with Crippen molar-refractivity contribution >= 4 is 30.0 Å². The van der Waals surface area contributed by atoms with Crippen LogP contribution in [0.15, 0.2) is 17.6 Å². The zero-order valence-electron chi connectivity index (χ0n) is 12.3. The Hall–Kier alpha value is -1.70. The molecule has 20 heavy (non-hydrogen) atoms. The van der Waals surface area contributed by atoms with Crippen LogP contribution in [0.5, 0.6) is 0 Å². The standard InChI is InChI=1S/C12H22N4O3S/c1-6-8-20-15-10(17)13-11(19-9(3)7-2)14-12(18)16(4)5/h6,9H,1,7-8H2,2-5H3,(H2,13,14,15,17,18). The molecule has 1 unspecified atom stereocenters. The smallest absolute Gasteiger partial charge is 0.347 e.